The van der Waals surface area contributed by atoms with Crippen LogP contribution in [0.3, 0.4) is 0 Å². The Labute approximate surface area is 52.4 Å². The molecular formula is C4H7ClN2O. The third-order valence-electron chi connectivity index (χ3n) is 0.960. The van der Waals surface area contributed by atoms with E-state index in [4.69, 9.17) is 22.2 Å². The van der Waals surface area contributed by atoms with Gasteiger partial charge in [0.2, 0.25) is 0 Å². The second kappa shape index (κ2) is 2.33. The van der Waals surface area contributed by atoms with E-state index in [2.05, 4.69) is 5.16 Å². The van der Waals surface area contributed by atoms with Crippen molar-refractivity contribution in [2.45, 2.75) is 12.5 Å². The molecule has 1 aliphatic rings. The van der Waals surface area contributed by atoms with E-state index in [1.54, 1.807) is 0 Å². The first kappa shape index (κ1) is 5.85. The van der Waals surface area contributed by atoms with Gasteiger partial charge in [-0.3, -0.25) is 0 Å². The van der Waals surface area contributed by atoms with Crippen LogP contribution in [0.15, 0.2) is 5.16 Å². The third kappa shape index (κ3) is 1.11. The molecule has 0 amide bonds. The molecule has 46 valence electrons. The summed E-state index contributed by atoms with van der Waals surface area (Å²) in [7, 11) is 0. The van der Waals surface area contributed by atoms with Crippen LogP contribution in [-0.4, -0.2) is 17.8 Å². The Bertz CT molecular complexity index is 115. The molecule has 1 aliphatic heterocycles. The summed E-state index contributed by atoms with van der Waals surface area (Å²) in [5, 5.41) is 4.00. The molecule has 3 nitrogen and oxygen atoms in total. The van der Waals surface area contributed by atoms with Gasteiger partial charge >= 0.3 is 0 Å². The Kier molecular flexibility index (Phi) is 1.70. The lowest BCUT2D eigenvalue weighted by Crippen LogP contribution is -2.19. The van der Waals surface area contributed by atoms with Crippen LogP contribution in [-0.2, 0) is 4.84 Å². The summed E-state index contributed by atoms with van der Waals surface area (Å²) in [6.07, 6.45) is 0.681. The lowest BCUT2D eigenvalue weighted by atomic mass is 10.3. The van der Waals surface area contributed by atoms with Gasteiger partial charge in [0.15, 0.2) is 0 Å². The molecule has 0 saturated carbocycles. The van der Waals surface area contributed by atoms with Crippen LogP contribution in [0.4, 0.5) is 0 Å². The molecule has 0 saturated heterocycles. The van der Waals surface area contributed by atoms with Crippen LogP contribution >= 0.6 is 11.6 Å². The van der Waals surface area contributed by atoms with Crippen molar-refractivity contribution in [3.63, 3.8) is 0 Å². The first-order valence-corrected chi connectivity index (χ1v) is 2.79. The average molecular weight is 135 g/mol. The fourth-order valence-corrected chi connectivity index (χ4v) is 0.732. The van der Waals surface area contributed by atoms with Gasteiger partial charge in [-0.2, -0.15) is 0 Å². The number of hydrogen-bond acceptors (Lipinski definition) is 3. The molecule has 0 fully saturated rings. The van der Waals surface area contributed by atoms with E-state index in [-0.39, 0.29) is 6.10 Å². The molecule has 4 heteroatoms. The van der Waals surface area contributed by atoms with Gasteiger partial charge in [0.1, 0.15) is 11.3 Å². The molecule has 0 spiro atoms. The van der Waals surface area contributed by atoms with E-state index in [1.807, 2.05) is 0 Å². The Balaban J connectivity index is 2.32. The summed E-state index contributed by atoms with van der Waals surface area (Å²) in [6.45, 7) is 0.486. The molecular weight excluding hydrogens is 128 g/mol. The number of nitrogens with two attached hydrogens (primary N) is 1. The molecule has 0 aromatic rings. The molecule has 1 rings (SSSR count). The molecule has 0 aliphatic carbocycles. The van der Waals surface area contributed by atoms with Gasteiger partial charge < -0.3 is 10.6 Å². The third-order valence-corrected chi connectivity index (χ3v) is 1.18. The van der Waals surface area contributed by atoms with Crippen molar-refractivity contribution >= 4 is 16.8 Å². The zero-order valence-corrected chi connectivity index (χ0v) is 5.06. The molecule has 0 unspecified atom stereocenters. The highest BCUT2D eigenvalue weighted by molar-refractivity contribution is 6.65. The molecule has 0 aromatic heterocycles. The van der Waals surface area contributed by atoms with Crippen molar-refractivity contribution in [2.75, 3.05) is 6.54 Å². The zero-order valence-electron chi connectivity index (χ0n) is 4.30. The van der Waals surface area contributed by atoms with Crippen molar-refractivity contribution in [3.05, 3.63) is 0 Å². The number of halogens is 1. The number of hydrogen-bond donors (Lipinski definition) is 1. The fraction of sp³-hybridized carbons (Fsp3) is 0.750. The van der Waals surface area contributed by atoms with E-state index in [1.165, 1.54) is 0 Å². The van der Waals surface area contributed by atoms with Crippen LogP contribution in [0.5, 0.6) is 0 Å². The second-order valence-electron chi connectivity index (χ2n) is 1.63. The Morgan fingerprint density at radius 2 is 2.75 bits per heavy atom. The summed E-state index contributed by atoms with van der Waals surface area (Å²) in [5.74, 6) is 0. The van der Waals surface area contributed by atoms with Crippen LogP contribution in [0.2, 0.25) is 0 Å². The standard InChI is InChI=1S/C4H7ClN2O/c5-4-1-3(2-6)8-7-4/h3H,1-2,6H2/t3-/m1/s1. The minimum absolute atomic E-state index is 0.0162. The Morgan fingerprint density at radius 1 is 2.00 bits per heavy atom. The smallest absolute Gasteiger partial charge is 0.149 e. The van der Waals surface area contributed by atoms with Gasteiger partial charge in [0.25, 0.3) is 0 Å². The topological polar surface area (TPSA) is 47.6 Å². The molecule has 0 radical (unpaired) electrons. The van der Waals surface area contributed by atoms with Crippen LogP contribution in [0.1, 0.15) is 6.42 Å². The molecule has 2 N–H and O–H groups in total. The predicted molar refractivity (Wildman–Crippen MR) is 31.8 cm³/mol. The van der Waals surface area contributed by atoms with Crippen molar-refractivity contribution in [3.8, 4) is 0 Å². The van der Waals surface area contributed by atoms with E-state index in [0.717, 1.165) is 0 Å². The maximum Gasteiger partial charge on any atom is 0.149 e. The minimum Gasteiger partial charge on any atom is -0.390 e. The average Bonchev–Trinajstić information content (AvgIpc) is 2.14. The fourth-order valence-electron chi connectivity index (χ4n) is 0.520. The predicted octanol–water partition coefficient (Wildman–Crippen LogP) is 0.286. The van der Waals surface area contributed by atoms with E-state index >= 15 is 0 Å². The van der Waals surface area contributed by atoms with E-state index < -0.39 is 0 Å². The molecule has 1 atom stereocenters. The zero-order chi connectivity index (χ0) is 5.98. The van der Waals surface area contributed by atoms with Gasteiger partial charge in [-0.05, 0) is 0 Å². The van der Waals surface area contributed by atoms with Gasteiger partial charge in [0, 0.05) is 13.0 Å². The first-order valence-electron chi connectivity index (χ1n) is 2.41. The summed E-state index contributed by atoms with van der Waals surface area (Å²) in [4.78, 5) is 4.75. The summed E-state index contributed by atoms with van der Waals surface area (Å²) >= 11 is 5.46. The van der Waals surface area contributed by atoms with E-state index in [9.17, 15) is 0 Å². The van der Waals surface area contributed by atoms with Crippen molar-refractivity contribution in [2.24, 2.45) is 10.9 Å². The van der Waals surface area contributed by atoms with Crippen LogP contribution in [0, 0.1) is 0 Å². The van der Waals surface area contributed by atoms with Crippen molar-refractivity contribution in [1.29, 1.82) is 0 Å². The largest absolute Gasteiger partial charge is 0.390 e. The lowest BCUT2D eigenvalue weighted by molar-refractivity contribution is 0.0919. The SMILES string of the molecule is NC[C@H]1CC(Cl)=NO1. The van der Waals surface area contributed by atoms with Gasteiger partial charge in [-0.15, -0.1) is 0 Å². The lowest BCUT2D eigenvalue weighted by Gasteiger charge is -1.99. The highest BCUT2D eigenvalue weighted by Gasteiger charge is 2.16. The number of oxime groups is 1. The molecule has 0 aromatic carbocycles. The maximum absolute atomic E-state index is 5.46. The number of nitrogens with zero attached hydrogens (tertiary/aromatic N) is 1. The Morgan fingerprint density at radius 3 is 3.00 bits per heavy atom. The van der Waals surface area contributed by atoms with E-state index in [0.29, 0.717) is 18.1 Å². The maximum atomic E-state index is 5.46. The molecule has 0 bridgehead atoms. The highest BCUT2D eigenvalue weighted by Crippen LogP contribution is 2.10. The van der Waals surface area contributed by atoms with Crippen LogP contribution in [0.25, 0.3) is 0 Å². The summed E-state index contributed by atoms with van der Waals surface area (Å²) < 4.78 is 0. The van der Waals surface area contributed by atoms with Gasteiger partial charge in [-0.1, -0.05) is 16.8 Å². The molecule has 8 heavy (non-hydrogen) atoms. The van der Waals surface area contributed by atoms with Gasteiger partial charge in [0.05, 0.1) is 0 Å². The molecule has 1 heterocycles. The van der Waals surface area contributed by atoms with Crippen molar-refractivity contribution in [1.82, 2.24) is 0 Å². The summed E-state index contributed by atoms with van der Waals surface area (Å²) in [5.41, 5.74) is 5.24. The second-order valence-corrected chi connectivity index (χ2v) is 2.07. The monoisotopic (exact) mass is 134 g/mol. The normalized spacial score (nSPS) is 27.2. The van der Waals surface area contributed by atoms with Crippen LogP contribution < -0.4 is 5.73 Å². The summed E-state index contributed by atoms with van der Waals surface area (Å²) in [6, 6.07) is 0. The quantitative estimate of drug-likeness (QED) is 0.560. The minimum atomic E-state index is 0.0162. The highest BCUT2D eigenvalue weighted by atomic mass is 35.5. The van der Waals surface area contributed by atoms with Gasteiger partial charge in [-0.25, -0.2) is 0 Å². The first-order chi connectivity index (χ1) is 3.83. The number of rotatable bonds is 1. The Hall–Kier alpha value is -0.280. The van der Waals surface area contributed by atoms with Crippen molar-refractivity contribution < 1.29 is 4.84 Å².